The van der Waals surface area contributed by atoms with E-state index in [0.717, 1.165) is 14.7 Å². The van der Waals surface area contributed by atoms with Gasteiger partial charge in [-0.1, -0.05) is 92.7 Å². The van der Waals surface area contributed by atoms with Crippen molar-refractivity contribution in [1.29, 1.82) is 0 Å². The summed E-state index contributed by atoms with van der Waals surface area (Å²) in [6.07, 6.45) is 0. The Kier molecular flexibility index (Phi) is 7.03. The van der Waals surface area contributed by atoms with E-state index in [2.05, 4.69) is 26.0 Å². The van der Waals surface area contributed by atoms with Crippen molar-refractivity contribution in [1.82, 2.24) is 0 Å². The highest BCUT2D eigenvalue weighted by atomic mass is 32.3. The highest BCUT2D eigenvalue weighted by Gasteiger charge is 2.37. The Balaban J connectivity index is 1.92. The highest BCUT2D eigenvalue weighted by Crippen LogP contribution is 2.70. The molecule has 0 saturated heterocycles. The fourth-order valence-corrected chi connectivity index (χ4v) is 9.15. The molecular formula is C28H28O3S2. The third kappa shape index (κ3) is 5.22. The molecule has 0 aliphatic carbocycles. The number of rotatable bonds is 8. The maximum Gasteiger partial charge on any atom is 0.281 e. The van der Waals surface area contributed by atoms with E-state index in [-0.39, 0.29) is 5.75 Å². The lowest BCUT2D eigenvalue weighted by atomic mass is 10.0. The summed E-state index contributed by atoms with van der Waals surface area (Å²) >= 11 is 0. The SMILES string of the molecule is CC(C)c1ccc(S(OS(=O)(=O)Cc2ccccc2)(c2ccccc2)c2ccccc2)cc1. The topological polar surface area (TPSA) is 43.4 Å². The quantitative estimate of drug-likeness (QED) is 0.264. The van der Waals surface area contributed by atoms with Crippen molar-refractivity contribution in [3.8, 4) is 0 Å². The normalized spacial score (nSPS) is 12.6. The second-order valence-electron chi connectivity index (χ2n) is 8.16. The Hall–Kier alpha value is -2.86. The third-order valence-corrected chi connectivity index (χ3v) is 10.6. The third-order valence-electron chi connectivity index (χ3n) is 5.42. The largest absolute Gasteiger partial charge is 0.281 e. The number of benzene rings is 4. The van der Waals surface area contributed by atoms with Gasteiger partial charge in [0.1, 0.15) is 5.75 Å². The summed E-state index contributed by atoms with van der Waals surface area (Å²) in [6.45, 7) is 4.29. The molecule has 4 aromatic rings. The minimum atomic E-state index is -3.93. The van der Waals surface area contributed by atoms with Crippen LogP contribution in [-0.4, -0.2) is 8.42 Å². The van der Waals surface area contributed by atoms with Crippen LogP contribution in [0, 0.1) is 0 Å². The van der Waals surface area contributed by atoms with Crippen LogP contribution in [0.5, 0.6) is 0 Å². The minimum Gasteiger partial charge on any atom is -0.206 e. The molecule has 0 bridgehead atoms. The second kappa shape index (κ2) is 9.96. The van der Waals surface area contributed by atoms with Gasteiger partial charge in [0.15, 0.2) is 0 Å². The van der Waals surface area contributed by atoms with Crippen LogP contribution in [0.2, 0.25) is 0 Å². The molecule has 3 nitrogen and oxygen atoms in total. The zero-order valence-electron chi connectivity index (χ0n) is 18.8. The molecule has 4 aromatic carbocycles. The Morgan fingerprint density at radius 3 is 1.48 bits per heavy atom. The molecule has 0 unspecified atom stereocenters. The summed E-state index contributed by atoms with van der Waals surface area (Å²) < 4.78 is 33.4. The summed E-state index contributed by atoms with van der Waals surface area (Å²) in [6, 6.07) is 36.7. The van der Waals surface area contributed by atoms with E-state index < -0.39 is 20.4 Å². The molecule has 0 aromatic heterocycles. The van der Waals surface area contributed by atoms with Crippen LogP contribution < -0.4 is 0 Å². The van der Waals surface area contributed by atoms with Gasteiger partial charge >= 0.3 is 0 Å². The lowest BCUT2D eigenvalue weighted by Crippen LogP contribution is -2.16. The van der Waals surface area contributed by atoms with Gasteiger partial charge in [-0.3, -0.25) is 0 Å². The molecule has 0 spiro atoms. The van der Waals surface area contributed by atoms with Crippen LogP contribution in [0.15, 0.2) is 130 Å². The Bertz CT molecular complexity index is 1230. The van der Waals surface area contributed by atoms with E-state index >= 15 is 0 Å². The van der Waals surface area contributed by atoms with Crippen LogP contribution in [-0.2, 0) is 19.5 Å². The maximum atomic E-state index is 13.5. The summed E-state index contributed by atoms with van der Waals surface area (Å²) in [5.41, 5.74) is 1.89. The maximum absolute atomic E-state index is 13.5. The smallest absolute Gasteiger partial charge is 0.206 e. The first-order valence-electron chi connectivity index (χ1n) is 10.9. The van der Waals surface area contributed by atoms with Crippen LogP contribution >= 0.6 is 10.3 Å². The Labute approximate surface area is 198 Å². The van der Waals surface area contributed by atoms with Gasteiger partial charge in [0.25, 0.3) is 10.1 Å². The molecule has 0 aliphatic rings. The van der Waals surface area contributed by atoms with E-state index in [0.29, 0.717) is 11.5 Å². The zero-order valence-corrected chi connectivity index (χ0v) is 20.4. The fraction of sp³-hybridized carbons (Fsp3) is 0.143. The minimum absolute atomic E-state index is 0.188. The number of hydrogen-bond donors (Lipinski definition) is 0. The molecule has 0 aliphatic heterocycles. The van der Waals surface area contributed by atoms with Crippen molar-refractivity contribution in [3.05, 3.63) is 126 Å². The van der Waals surface area contributed by atoms with Gasteiger partial charge < -0.3 is 0 Å². The predicted octanol–water partition coefficient (Wildman–Crippen LogP) is 7.55. The van der Waals surface area contributed by atoms with E-state index in [1.807, 2.05) is 91.0 Å². The first-order chi connectivity index (χ1) is 15.9. The zero-order chi connectivity index (χ0) is 23.3. The van der Waals surface area contributed by atoms with Crippen molar-refractivity contribution < 1.29 is 12.0 Å². The molecule has 0 N–H and O–H groups in total. The predicted molar refractivity (Wildman–Crippen MR) is 136 cm³/mol. The first kappa shape index (κ1) is 23.3. The lowest BCUT2D eigenvalue weighted by molar-refractivity contribution is 0.507. The van der Waals surface area contributed by atoms with Crippen LogP contribution in [0.3, 0.4) is 0 Å². The van der Waals surface area contributed by atoms with Crippen LogP contribution in [0.1, 0.15) is 30.9 Å². The Morgan fingerprint density at radius 2 is 1.03 bits per heavy atom. The second-order valence-corrected chi connectivity index (χ2v) is 12.6. The van der Waals surface area contributed by atoms with Gasteiger partial charge in [-0.15, -0.1) is 0 Å². The average molecular weight is 477 g/mol. The molecule has 0 amide bonds. The van der Waals surface area contributed by atoms with Crippen molar-refractivity contribution >= 4 is 20.4 Å². The van der Waals surface area contributed by atoms with Crippen molar-refractivity contribution in [2.75, 3.05) is 0 Å². The molecule has 0 heterocycles. The van der Waals surface area contributed by atoms with Gasteiger partial charge in [0.05, 0.1) is 0 Å². The number of hydrogen-bond acceptors (Lipinski definition) is 3. The van der Waals surface area contributed by atoms with Gasteiger partial charge in [-0.25, -0.2) is 3.63 Å². The fourth-order valence-electron chi connectivity index (χ4n) is 3.75. The molecule has 5 heteroatoms. The summed E-state index contributed by atoms with van der Waals surface area (Å²) in [7, 11) is -6.47. The highest BCUT2D eigenvalue weighted by molar-refractivity contribution is 8.33. The molecule has 0 atom stereocenters. The average Bonchev–Trinajstić information content (AvgIpc) is 2.84. The van der Waals surface area contributed by atoms with Crippen molar-refractivity contribution in [3.63, 3.8) is 0 Å². The van der Waals surface area contributed by atoms with Gasteiger partial charge in [0, 0.05) is 14.7 Å². The van der Waals surface area contributed by atoms with Gasteiger partial charge in [-0.2, -0.15) is 8.42 Å². The van der Waals surface area contributed by atoms with Crippen LogP contribution in [0.25, 0.3) is 0 Å². The van der Waals surface area contributed by atoms with Crippen molar-refractivity contribution in [2.24, 2.45) is 0 Å². The van der Waals surface area contributed by atoms with Gasteiger partial charge in [-0.05, 0) is 63.8 Å². The van der Waals surface area contributed by atoms with E-state index in [1.54, 1.807) is 12.1 Å². The molecule has 0 radical (unpaired) electrons. The molecular weight excluding hydrogens is 448 g/mol. The molecule has 170 valence electrons. The van der Waals surface area contributed by atoms with Gasteiger partial charge in [0.2, 0.25) is 0 Å². The van der Waals surface area contributed by atoms with Crippen LogP contribution in [0.4, 0.5) is 0 Å². The first-order valence-corrected chi connectivity index (χ1v) is 14.1. The van der Waals surface area contributed by atoms with E-state index in [9.17, 15) is 8.42 Å². The van der Waals surface area contributed by atoms with E-state index in [1.165, 1.54) is 5.56 Å². The summed E-state index contributed by atoms with van der Waals surface area (Å²) in [4.78, 5) is 2.52. The standard InChI is InChI=1S/C28H28O3S2/c1-23(2)25-18-20-28(21-19-25)33(26-14-8-4-9-15-26,27-16-10-5-11-17-27)31-32(29,30)22-24-12-6-3-7-13-24/h3-21,23H,22H2,1-2H3. The van der Waals surface area contributed by atoms with Crippen molar-refractivity contribution in [2.45, 2.75) is 40.2 Å². The Morgan fingerprint density at radius 1 is 0.606 bits per heavy atom. The van der Waals surface area contributed by atoms with E-state index in [4.69, 9.17) is 3.63 Å². The molecule has 0 fully saturated rings. The summed E-state index contributed by atoms with van der Waals surface area (Å²) in [5, 5.41) is 0. The lowest BCUT2D eigenvalue weighted by Gasteiger charge is -2.39. The molecule has 0 saturated carbocycles. The molecule has 4 rings (SSSR count). The monoisotopic (exact) mass is 476 g/mol. The molecule has 33 heavy (non-hydrogen) atoms. The summed E-state index contributed by atoms with van der Waals surface area (Å²) in [5.74, 6) is 0.186.